The third kappa shape index (κ3) is 1.21. The van der Waals surface area contributed by atoms with Gasteiger partial charge in [-0.15, -0.1) is 6.58 Å². The van der Waals surface area contributed by atoms with E-state index >= 15 is 0 Å². The van der Waals surface area contributed by atoms with Crippen molar-refractivity contribution in [1.29, 1.82) is 0 Å². The smallest absolute Gasteiger partial charge is 0.0648 e. The molecule has 62 valence electrons. The summed E-state index contributed by atoms with van der Waals surface area (Å²) in [6, 6.07) is 0. The van der Waals surface area contributed by atoms with Gasteiger partial charge in [-0.3, -0.25) is 0 Å². The van der Waals surface area contributed by atoms with Crippen LogP contribution in [0.5, 0.6) is 0 Å². The summed E-state index contributed by atoms with van der Waals surface area (Å²) in [6.07, 6.45) is 4.86. The fourth-order valence-corrected chi connectivity index (χ4v) is 2.00. The van der Waals surface area contributed by atoms with Gasteiger partial charge in [0.1, 0.15) is 0 Å². The maximum atomic E-state index is 5.51. The molecule has 0 aromatic carbocycles. The van der Waals surface area contributed by atoms with Crippen LogP contribution in [0.1, 0.15) is 12.8 Å². The topological polar surface area (TPSA) is 21.3 Å². The second-order valence-corrected chi connectivity index (χ2v) is 3.76. The molecular formula is C9H15NO. The Hall–Kier alpha value is -0.340. The van der Waals surface area contributed by atoms with Crippen LogP contribution in [0.3, 0.4) is 0 Å². The van der Waals surface area contributed by atoms with Crippen LogP contribution in [0, 0.1) is 5.41 Å². The maximum absolute atomic E-state index is 5.51. The Bertz CT molecular complexity index is 155. The average Bonchev–Trinajstić information content (AvgIpc) is 1.81. The Morgan fingerprint density at radius 1 is 1.55 bits per heavy atom. The lowest BCUT2D eigenvalue weighted by Gasteiger charge is -2.53. The van der Waals surface area contributed by atoms with Crippen molar-refractivity contribution >= 4 is 0 Å². The molecule has 0 aromatic heterocycles. The molecule has 0 radical (unpaired) electrons. The van der Waals surface area contributed by atoms with E-state index in [0.29, 0.717) is 18.1 Å². The highest BCUT2D eigenvalue weighted by Gasteiger charge is 2.48. The van der Waals surface area contributed by atoms with Gasteiger partial charge in [0.15, 0.2) is 0 Å². The van der Waals surface area contributed by atoms with Gasteiger partial charge in [0.2, 0.25) is 0 Å². The summed E-state index contributed by atoms with van der Waals surface area (Å²) in [5, 5.41) is 3.30. The SMILES string of the molecule is C=CCOC1CC2(CNC2)C1. The largest absolute Gasteiger partial charge is 0.374 e. The summed E-state index contributed by atoms with van der Waals surface area (Å²) in [4.78, 5) is 0. The third-order valence-corrected chi connectivity index (χ3v) is 2.77. The van der Waals surface area contributed by atoms with Gasteiger partial charge in [-0.2, -0.15) is 0 Å². The Morgan fingerprint density at radius 2 is 2.27 bits per heavy atom. The van der Waals surface area contributed by atoms with Gasteiger partial charge in [-0.1, -0.05) is 6.08 Å². The van der Waals surface area contributed by atoms with Crippen molar-refractivity contribution in [1.82, 2.24) is 5.32 Å². The van der Waals surface area contributed by atoms with E-state index in [4.69, 9.17) is 4.74 Å². The first-order valence-electron chi connectivity index (χ1n) is 4.28. The van der Waals surface area contributed by atoms with Gasteiger partial charge in [-0.05, 0) is 12.8 Å². The van der Waals surface area contributed by atoms with Gasteiger partial charge >= 0.3 is 0 Å². The molecule has 1 spiro atoms. The summed E-state index contributed by atoms with van der Waals surface area (Å²) < 4.78 is 5.51. The number of hydrogen-bond acceptors (Lipinski definition) is 2. The number of hydrogen-bond donors (Lipinski definition) is 1. The van der Waals surface area contributed by atoms with Gasteiger partial charge in [0.25, 0.3) is 0 Å². The molecule has 0 unspecified atom stereocenters. The summed E-state index contributed by atoms with van der Waals surface area (Å²) in [5.74, 6) is 0. The molecule has 1 saturated carbocycles. The molecule has 2 heteroatoms. The molecule has 2 rings (SSSR count). The van der Waals surface area contributed by atoms with Crippen molar-refractivity contribution in [2.24, 2.45) is 5.41 Å². The second kappa shape index (κ2) is 2.61. The summed E-state index contributed by atoms with van der Waals surface area (Å²) in [5.41, 5.74) is 0.645. The van der Waals surface area contributed by atoms with Gasteiger partial charge < -0.3 is 10.1 Å². The minimum atomic E-state index is 0.523. The summed E-state index contributed by atoms with van der Waals surface area (Å²) in [6.45, 7) is 6.76. The van der Waals surface area contributed by atoms with Crippen LogP contribution in [0.15, 0.2) is 12.7 Å². The van der Waals surface area contributed by atoms with Crippen molar-refractivity contribution in [3.8, 4) is 0 Å². The van der Waals surface area contributed by atoms with Crippen LogP contribution in [0.4, 0.5) is 0 Å². The molecule has 2 fully saturated rings. The molecule has 0 atom stereocenters. The second-order valence-electron chi connectivity index (χ2n) is 3.76. The molecule has 0 bridgehead atoms. The number of nitrogens with one attached hydrogen (secondary N) is 1. The average molecular weight is 153 g/mol. The quantitative estimate of drug-likeness (QED) is 0.609. The maximum Gasteiger partial charge on any atom is 0.0648 e. The van der Waals surface area contributed by atoms with E-state index in [1.807, 2.05) is 6.08 Å². The first-order chi connectivity index (χ1) is 5.35. The molecule has 0 amide bonds. The van der Waals surface area contributed by atoms with Crippen molar-refractivity contribution in [2.75, 3.05) is 19.7 Å². The Labute approximate surface area is 67.6 Å². The summed E-state index contributed by atoms with van der Waals surface area (Å²) >= 11 is 0. The van der Waals surface area contributed by atoms with E-state index in [2.05, 4.69) is 11.9 Å². The Morgan fingerprint density at radius 3 is 2.73 bits per heavy atom. The van der Waals surface area contributed by atoms with Crippen molar-refractivity contribution in [3.63, 3.8) is 0 Å². The third-order valence-electron chi connectivity index (χ3n) is 2.77. The summed E-state index contributed by atoms with van der Waals surface area (Å²) in [7, 11) is 0. The molecule has 2 nitrogen and oxygen atoms in total. The number of rotatable bonds is 3. The highest BCUT2D eigenvalue weighted by molar-refractivity contribution is 5.03. The molecule has 1 aliphatic heterocycles. The first kappa shape index (κ1) is 7.32. The van der Waals surface area contributed by atoms with Crippen LogP contribution in [-0.4, -0.2) is 25.8 Å². The molecule has 2 aliphatic rings. The van der Waals surface area contributed by atoms with E-state index in [9.17, 15) is 0 Å². The van der Waals surface area contributed by atoms with Crippen LogP contribution in [0.25, 0.3) is 0 Å². The fourth-order valence-electron chi connectivity index (χ4n) is 2.00. The van der Waals surface area contributed by atoms with Crippen LogP contribution in [-0.2, 0) is 4.74 Å². The highest BCUT2D eigenvalue weighted by Crippen LogP contribution is 2.45. The lowest BCUT2D eigenvalue weighted by atomic mass is 9.63. The van der Waals surface area contributed by atoms with E-state index in [-0.39, 0.29) is 0 Å². The van der Waals surface area contributed by atoms with Crippen molar-refractivity contribution in [3.05, 3.63) is 12.7 Å². The molecule has 1 aliphatic carbocycles. The minimum absolute atomic E-state index is 0.523. The van der Waals surface area contributed by atoms with Crippen LogP contribution >= 0.6 is 0 Å². The molecule has 0 aromatic rings. The van der Waals surface area contributed by atoms with E-state index < -0.39 is 0 Å². The van der Waals surface area contributed by atoms with Crippen LogP contribution < -0.4 is 5.32 Å². The van der Waals surface area contributed by atoms with Crippen LogP contribution in [0.2, 0.25) is 0 Å². The zero-order valence-electron chi connectivity index (χ0n) is 6.81. The Balaban J connectivity index is 1.67. The predicted molar refractivity (Wildman–Crippen MR) is 44.5 cm³/mol. The molecular weight excluding hydrogens is 138 g/mol. The standard InChI is InChI=1S/C9H15NO/c1-2-3-11-8-4-9(5-8)6-10-7-9/h2,8,10H,1,3-7H2. The van der Waals surface area contributed by atoms with Crippen molar-refractivity contribution < 1.29 is 4.74 Å². The first-order valence-corrected chi connectivity index (χ1v) is 4.28. The zero-order chi connectivity index (χ0) is 7.73. The van der Waals surface area contributed by atoms with E-state index in [1.54, 1.807) is 0 Å². The minimum Gasteiger partial charge on any atom is -0.374 e. The molecule has 1 saturated heterocycles. The van der Waals surface area contributed by atoms with Gasteiger partial charge in [-0.25, -0.2) is 0 Å². The normalized spacial score (nSPS) is 27.6. The number of ether oxygens (including phenoxy) is 1. The van der Waals surface area contributed by atoms with E-state index in [0.717, 1.165) is 0 Å². The zero-order valence-corrected chi connectivity index (χ0v) is 6.81. The molecule has 11 heavy (non-hydrogen) atoms. The van der Waals surface area contributed by atoms with Gasteiger partial charge in [0.05, 0.1) is 12.7 Å². The predicted octanol–water partition coefficient (Wildman–Crippen LogP) is 0.941. The monoisotopic (exact) mass is 153 g/mol. The highest BCUT2D eigenvalue weighted by atomic mass is 16.5. The van der Waals surface area contributed by atoms with Gasteiger partial charge in [0, 0.05) is 18.5 Å². The lowest BCUT2D eigenvalue weighted by Crippen LogP contribution is -2.62. The lowest BCUT2D eigenvalue weighted by molar-refractivity contribution is -0.0953. The van der Waals surface area contributed by atoms with Crippen molar-refractivity contribution in [2.45, 2.75) is 18.9 Å². The molecule has 1 N–H and O–H groups in total. The molecule has 1 heterocycles. The van der Waals surface area contributed by atoms with E-state index in [1.165, 1.54) is 25.9 Å². The fraction of sp³-hybridized carbons (Fsp3) is 0.778. The Kier molecular flexibility index (Phi) is 1.74.